The summed E-state index contributed by atoms with van der Waals surface area (Å²) in [6.07, 6.45) is 3.85. The number of benzene rings is 1. The van der Waals surface area contributed by atoms with Gasteiger partial charge in [-0.15, -0.1) is 18.3 Å². The molecule has 1 spiro atoms. The average molecular weight is 523 g/mol. The predicted molar refractivity (Wildman–Crippen MR) is 138 cm³/mol. The van der Waals surface area contributed by atoms with Gasteiger partial charge in [0, 0.05) is 20.1 Å². The molecule has 202 valence electrons. The molecule has 6 atom stereocenters. The molecule has 2 unspecified atom stereocenters. The maximum atomic E-state index is 14.4. The minimum absolute atomic E-state index is 0.0893. The molecule has 2 bridgehead atoms. The van der Waals surface area contributed by atoms with Gasteiger partial charge in [0.05, 0.1) is 36.1 Å². The molecule has 3 fully saturated rings. The van der Waals surface area contributed by atoms with Gasteiger partial charge < -0.3 is 24.5 Å². The number of hydrogen-bond donors (Lipinski definition) is 1. The summed E-state index contributed by atoms with van der Waals surface area (Å²) in [5, 5.41) is 18.5. The molecule has 1 N–H and O–H groups in total. The molecule has 3 amide bonds. The Hall–Kier alpha value is -3.57. The van der Waals surface area contributed by atoms with Crippen molar-refractivity contribution in [1.82, 2.24) is 29.7 Å². The molecule has 0 radical (unpaired) electrons. The number of rotatable bonds is 10. The quantitative estimate of drug-likeness (QED) is 0.458. The molecular weight excluding hydrogens is 488 g/mol. The van der Waals surface area contributed by atoms with Gasteiger partial charge in [-0.25, -0.2) is 4.68 Å². The number of aliphatic hydroxyl groups is 1. The van der Waals surface area contributed by atoms with Crippen LogP contribution in [0.3, 0.4) is 0 Å². The number of hydrogen-bond acceptors (Lipinski definition) is 7. The topological polar surface area (TPSA) is 121 Å². The molecule has 38 heavy (non-hydrogen) atoms. The van der Waals surface area contributed by atoms with Crippen LogP contribution in [0, 0.1) is 11.8 Å². The van der Waals surface area contributed by atoms with E-state index in [0.29, 0.717) is 24.9 Å². The number of likely N-dealkylation sites (tertiary alicyclic amines) is 1. The molecule has 11 heteroatoms. The molecule has 1 aromatic heterocycles. The SMILES string of the molecule is C=CCN(C)C(=O)[C@@H]1[C@@H]2CCC3(O2)C(C(=O)N(CC=C)Cn2nnc4ccccc42)N([C@H](C)CO)C(=O)[C@H]13. The lowest BCUT2D eigenvalue weighted by Crippen LogP contribution is -2.58. The number of carbonyl (C=O) groups is 3. The highest BCUT2D eigenvalue weighted by molar-refractivity contribution is 5.99. The molecule has 11 nitrogen and oxygen atoms in total. The van der Waals surface area contributed by atoms with Gasteiger partial charge in [-0.1, -0.05) is 29.5 Å². The maximum absolute atomic E-state index is 14.4. The smallest absolute Gasteiger partial charge is 0.250 e. The van der Waals surface area contributed by atoms with E-state index >= 15 is 0 Å². The van der Waals surface area contributed by atoms with E-state index in [-0.39, 0.29) is 37.5 Å². The summed E-state index contributed by atoms with van der Waals surface area (Å²) in [5.41, 5.74) is 0.315. The minimum atomic E-state index is -1.15. The van der Waals surface area contributed by atoms with Crippen molar-refractivity contribution in [3.05, 3.63) is 49.6 Å². The standard InChI is InChI=1S/C27H34N6O5/c1-5-13-30(4)24(35)21-20-11-12-27(38-20)22(21)25(36)33(17(3)15-34)23(27)26(37)31(14-6-2)16-32-19-10-8-7-9-18(19)28-29-32/h5-10,17,20-23,34H,1-2,11-16H2,3-4H3/t17-,20+,21-,22+,23?,27?/m1/s1. The number of nitrogens with zero attached hydrogens (tertiary/aromatic N) is 6. The second kappa shape index (κ2) is 9.95. The number of aromatic nitrogens is 3. The fourth-order valence-electron chi connectivity index (χ4n) is 6.48. The van der Waals surface area contributed by atoms with E-state index in [1.165, 1.54) is 9.80 Å². The molecule has 5 rings (SSSR count). The van der Waals surface area contributed by atoms with Crippen LogP contribution in [-0.2, 0) is 25.8 Å². The van der Waals surface area contributed by atoms with Gasteiger partial charge in [0.1, 0.15) is 23.8 Å². The second-order valence-electron chi connectivity index (χ2n) is 10.4. The third-order valence-electron chi connectivity index (χ3n) is 8.16. The van der Waals surface area contributed by atoms with Crippen LogP contribution in [0.25, 0.3) is 11.0 Å². The summed E-state index contributed by atoms with van der Waals surface area (Å²) >= 11 is 0. The van der Waals surface area contributed by atoms with Crippen molar-refractivity contribution in [3.63, 3.8) is 0 Å². The second-order valence-corrected chi connectivity index (χ2v) is 10.4. The monoisotopic (exact) mass is 522 g/mol. The molecule has 2 aromatic rings. The Bertz CT molecular complexity index is 1280. The average Bonchev–Trinajstić information content (AvgIpc) is 3.66. The lowest BCUT2D eigenvalue weighted by Gasteiger charge is -2.38. The van der Waals surface area contributed by atoms with Crippen molar-refractivity contribution >= 4 is 28.8 Å². The van der Waals surface area contributed by atoms with Crippen molar-refractivity contribution in [1.29, 1.82) is 0 Å². The van der Waals surface area contributed by atoms with Gasteiger partial charge in [0.15, 0.2) is 0 Å². The van der Waals surface area contributed by atoms with Crippen molar-refractivity contribution in [3.8, 4) is 0 Å². The van der Waals surface area contributed by atoms with Gasteiger partial charge in [-0.2, -0.15) is 0 Å². The molecule has 1 aromatic carbocycles. The lowest BCUT2D eigenvalue weighted by molar-refractivity contribution is -0.152. The Morgan fingerprint density at radius 3 is 2.71 bits per heavy atom. The zero-order valence-corrected chi connectivity index (χ0v) is 21.8. The Labute approximate surface area is 221 Å². The predicted octanol–water partition coefficient (Wildman–Crippen LogP) is 0.803. The summed E-state index contributed by atoms with van der Waals surface area (Å²) in [5.74, 6) is -2.37. The Morgan fingerprint density at radius 1 is 1.26 bits per heavy atom. The fourth-order valence-corrected chi connectivity index (χ4v) is 6.48. The Morgan fingerprint density at radius 2 is 2.00 bits per heavy atom. The third-order valence-corrected chi connectivity index (χ3v) is 8.16. The van der Waals surface area contributed by atoms with Gasteiger partial charge in [0.25, 0.3) is 0 Å². The molecule has 0 aliphatic carbocycles. The first-order valence-corrected chi connectivity index (χ1v) is 12.9. The maximum Gasteiger partial charge on any atom is 0.250 e. The van der Waals surface area contributed by atoms with Crippen LogP contribution in [0.5, 0.6) is 0 Å². The van der Waals surface area contributed by atoms with Crippen LogP contribution >= 0.6 is 0 Å². The van der Waals surface area contributed by atoms with Gasteiger partial charge in [-0.05, 0) is 31.9 Å². The zero-order valence-electron chi connectivity index (χ0n) is 21.8. The van der Waals surface area contributed by atoms with Crippen LogP contribution < -0.4 is 0 Å². The largest absolute Gasteiger partial charge is 0.394 e. The Kier molecular flexibility index (Phi) is 6.83. The third kappa shape index (κ3) is 3.83. The summed E-state index contributed by atoms with van der Waals surface area (Å²) in [7, 11) is 1.67. The number of ether oxygens (including phenoxy) is 1. The van der Waals surface area contributed by atoms with Crippen LogP contribution in [-0.4, -0.2) is 103 Å². The summed E-state index contributed by atoms with van der Waals surface area (Å²) < 4.78 is 8.11. The summed E-state index contributed by atoms with van der Waals surface area (Å²) in [6.45, 7) is 9.53. The molecule has 3 aliphatic rings. The van der Waals surface area contributed by atoms with Crippen molar-refractivity contribution < 1.29 is 24.2 Å². The number of fused-ring (bicyclic) bond motifs is 2. The lowest BCUT2D eigenvalue weighted by atomic mass is 9.70. The Balaban J connectivity index is 1.53. The van der Waals surface area contributed by atoms with E-state index in [0.717, 1.165) is 5.52 Å². The normalized spacial score (nSPS) is 28.4. The van der Waals surface area contributed by atoms with E-state index < -0.39 is 35.6 Å². The van der Waals surface area contributed by atoms with Crippen molar-refractivity contribution in [2.24, 2.45) is 11.8 Å². The highest BCUT2D eigenvalue weighted by Gasteiger charge is 2.75. The fraction of sp³-hybridized carbons (Fsp3) is 0.519. The van der Waals surface area contributed by atoms with Gasteiger partial charge >= 0.3 is 0 Å². The first-order valence-electron chi connectivity index (χ1n) is 12.9. The van der Waals surface area contributed by atoms with Gasteiger partial charge in [-0.3, -0.25) is 14.4 Å². The van der Waals surface area contributed by atoms with Crippen molar-refractivity contribution in [2.75, 3.05) is 26.7 Å². The van der Waals surface area contributed by atoms with E-state index in [9.17, 15) is 19.5 Å². The summed E-state index contributed by atoms with van der Waals surface area (Å²) in [6, 6.07) is 5.81. The number of amides is 3. The van der Waals surface area contributed by atoms with Crippen LogP contribution in [0.4, 0.5) is 0 Å². The van der Waals surface area contributed by atoms with E-state index in [1.807, 2.05) is 24.3 Å². The first kappa shape index (κ1) is 26.1. The number of aliphatic hydroxyl groups excluding tert-OH is 1. The number of carbonyl (C=O) groups excluding carboxylic acids is 3. The van der Waals surface area contributed by atoms with Crippen LogP contribution in [0.1, 0.15) is 19.8 Å². The molecular formula is C27H34N6O5. The molecule has 3 saturated heterocycles. The van der Waals surface area contributed by atoms with Crippen molar-refractivity contribution in [2.45, 2.75) is 50.2 Å². The van der Waals surface area contributed by atoms with E-state index in [1.54, 1.807) is 35.7 Å². The highest BCUT2D eigenvalue weighted by atomic mass is 16.5. The summed E-state index contributed by atoms with van der Waals surface area (Å²) in [4.78, 5) is 46.3. The van der Waals surface area contributed by atoms with Crippen LogP contribution in [0.2, 0.25) is 0 Å². The molecule has 4 heterocycles. The zero-order chi connectivity index (χ0) is 27.2. The molecule has 3 aliphatic heterocycles. The number of para-hydroxylation sites is 1. The van der Waals surface area contributed by atoms with E-state index in [2.05, 4.69) is 23.5 Å². The highest BCUT2D eigenvalue weighted by Crippen LogP contribution is 2.59. The molecule has 0 saturated carbocycles. The minimum Gasteiger partial charge on any atom is -0.394 e. The number of likely N-dealkylation sites (N-methyl/N-ethyl adjacent to an activating group) is 1. The first-order chi connectivity index (χ1) is 18.3. The van der Waals surface area contributed by atoms with E-state index in [4.69, 9.17) is 4.74 Å². The van der Waals surface area contributed by atoms with Gasteiger partial charge in [0.2, 0.25) is 17.7 Å². The van der Waals surface area contributed by atoms with Crippen LogP contribution in [0.15, 0.2) is 49.6 Å².